The number of H-pyrrole nitrogens is 1. The molecule has 0 aromatic carbocycles. The molecule has 0 amide bonds. The third kappa shape index (κ3) is 1.14. The Bertz CT molecular complexity index is 396. The molecule has 0 aliphatic rings. The van der Waals surface area contributed by atoms with Gasteiger partial charge >= 0.3 is 0 Å². The summed E-state index contributed by atoms with van der Waals surface area (Å²) in [6, 6.07) is 6.56. The van der Waals surface area contributed by atoms with E-state index < -0.39 is 0 Å². The van der Waals surface area contributed by atoms with Crippen molar-refractivity contribution >= 4 is 0 Å². The summed E-state index contributed by atoms with van der Waals surface area (Å²) < 4.78 is 5.07. The van der Waals surface area contributed by atoms with Gasteiger partial charge in [0.25, 0.3) is 5.56 Å². The van der Waals surface area contributed by atoms with Crippen LogP contribution >= 0.6 is 0 Å². The van der Waals surface area contributed by atoms with Gasteiger partial charge in [-0.25, -0.2) is 5.10 Å². The van der Waals surface area contributed by atoms with Crippen LogP contribution in [0.2, 0.25) is 0 Å². The highest BCUT2D eigenvalue weighted by atomic mass is 16.3. The molecule has 0 radical (unpaired) electrons. The van der Waals surface area contributed by atoms with Crippen LogP contribution in [0.15, 0.2) is 39.7 Å². The Labute approximate surface area is 67.9 Å². The Morgan fingerprint density at radius 2 is 2.25 bits per heavy atom. The lowest BCUT2D eigenvalue weighted by Crippen LogP contribution is -2.05. The van der Waals surface area contributed by atoms with Gasteiger partial charge in [0.15, 0.2) is 5.76 Å². The van der Waals surface area contributed by atoms with E-state index in [1.165, 1.54) is 6.07 Å². The van der Waals surface area contributed by atoms with Gasteiger partial charge in [0.1, 0.15) is 5.69 Å². The van der Waals surface area contributed by atoms with Crippen molar-refractivity contribution in [2.45, 2.75) is 0 Å². The third-order valence-electron chi connectivity index (χ3n) is 1.45. The van der Waals surface area contributed by atoms with Gasteiger partial charge in [-0.3, -0.25) is 4.79 Å². The summed E-state index contributed by atoms with van der Waals surface area (Å²) in [5, 5.41) is 6.11. The highest BCUT2D eigenvalue weighted by molar-refractivity contribution is 5.49. The van der Waals surface area contributed by atoms with Crippen LogP contribution < -0.4 is 5.56 Å². The maximum Gasteiger partial charge on any atom is 0.264 e. The van der Waals surface area contributed by atoms with Gasteiger partial charge < -0.3 is 4.42 Å². The zero-order valence-electron chi connectivity index (χ0n) is 6.15. The van der Waals surface area contributed by atoms with Crippen molar-refractivity contribution in [3.05, 3.63) is 40.9 Å². The standard InChI is InChI=1S/C8H6N2O2/c11-8-4-3-6(9-10-8)7-2-1-5-12-7/h1-5H,(H,10,11). The van der Waals surface area contributed by atoms with E-state index in [0.29, 0.717) is 11.5 Å². The lowest BCUT2D eigenvalue weighted by Gasteiger charge is -1.91. The van der Waals surface area contributed by atoms with E-state index in [4.69, 9.17) is 4.42 Å². The lowest BCUT2D eigenvalue weighted by atomic mass is 10.3. The Morgan fingerprint density at radius 1 is 1.33 bits per heavy atom. The van der Waals surface area contributed by atoms with E-state index in [9.17, 15) is 4.79 Å². The van der Waals surface area contributed by atoms with Crippen molar-refractivity contribution in [1.82, 2.24) is 10.2 Å². The highest BCUT2D eigenvalue weighted by Crippen LogP contribution is 2.13. The van der Waals surface area contributed by atoms with E-state index >= 15 is 0 Å². The minimum absolute atomic E-state index is 0.217. The largest absolute Gasteiger partial charge is 0.463 e. The van der Waals surface area contributed by atoms with Crippen LogP contribution in [0, 0.1) is 0 Å². The first-order valence-corrected chi connectivity index (χ1v) is 3.46. The number of nitrogens with zero attached hydrogens (tertiary/aromatic N) is 1. The SMILES string of the molecule is O=c1ccc(-c2ccco2)n[nH]1. The molecule has 12 heavy (non-hydrogen) atoms. The number of nitrogens with one attached hydrogen (secondary N) is 1. The van der Waals surface area contributed by atoms with Gasteiger partial charge in [-0.15, -0.1) is 0 Å². The van der Waals surface area contributed by atoms with E-state index in [2.05, 4.69) is 10.2 Å². The van der Waals surface area contributed by atoms with Crippen LogP contribution in [0.3, 0.4) is 0 Å². The van der Waals surface area contributed by atoms with Gasteiger partial charge in [0, 0.05) is 6.07 Å². The predicted octanol–water partition coefficient (Wildman–Crippen LogP) is 1.03. The predicted molar refractivity (Wildman–Crippen MR) is 42.6 cm³/mol. The molecule has 0 saturated carbocycles. The zero-order valence-corrected chi connectivity index (χ0v) is 6.15. The number of hydrogen-bond donors (Lipinski definition) is 1. The van der Waals surface area contributed by atoms with Crippen LogP contribution in [0.25, 0.3) is 11.5 Å². The van der Waals surface area contributed by atoms with Crippen LogP contribution in [0.1, 0.15) is 0 Å². The first-order chi connectivity index (χ1) is 5.86. The van der Waals surface area contributed by atoms with E-state index in [1.807, 2.05) is 0 Å². The van der Waals surface area contributed by atoms with Gasteiger partial charge in [0.05, 0.1) is 6.26 Å². The Morgan fingerprint density at radius 3 is 2.83 bits per heavy atom. The number of aromatic nitrogens is 2. The zero-order chi connectivity index (χ0) is 8.39. The fraction of sp³-hybridized carbons (Fsp3) is 0. The number of furan rings is 1. The van der Waals surface area contributed by atoms with Crippen LogP contribution in [-0.4, -0.2) is 10.2 Å². The Balaban J connectivity index is 2.49. The van der Waals surface area contributed by atoms with E-state index in [-0.39, 0.29) is 5.56 Å². The summed E-state index contributed by atoms with van der Waals surface area (Å²) in [6.07, 6.45) is 1.56. The highest BCUT2D eigenvalue weighted by Gasteiger charge is 1.99. The first kappa shape index (κ1) is 6.84. The molecule has 0 unspecified atom stereocenters. The molecule has 2 aromatic heterocycles. The molecule has 0 fully saturated rings. The summed E-state index contributed by atoms with van der Waals surface area (Å²) in [4.78, 5) is 10.6. The van der Waals surface area contributed by atoms with E-state index in [1.54, 1.807) is 24.5 Å². The van der Waals surface area contributed by atoms with Gasteiger partial charge in [0.2, 0.25) is 0 Å². The summed E-state index contributed by atoms with van der Waals surface area (Å²) in [6.45, 7) is 0. The number of hydrogen-bond acceptors (Lipinski definition) is 3. The van der Waals surface area contributed by atoms with Crippen molar-refractivity contribution in [2.24, 2.45) is 0 Å². The average Bonchev–Trinajstić information content (AvgIpc) is 2.58. The van der Waals surface area contributed by atoms with Crippen molar-refractivity contribution in [3.63, 3.8) is 0 Å². The second kappa shape index (κ2) is 2.65. The van der Waals surface area contributed by atoms with Gasteiger partial charge in [-0.05, 0) is 18.2 Å². The second-order valence-corrected chi connectivity index (χ2v) is 2.28. The van der Waals surface area contributed by atoms with Crippen molar-refractivity contribution in [1.29, 1.82) is 0 Å². The molecule has 4 heteroatoms. The summed E-state index contributed by atoms with van der Waals surface area (Å²) >= 11 is 0. The molecule has 2 rings (SSSR count). The summed E-state index contributed by atoms with van der Waals surface area (Å²) in [5.41, 5.74) is 0.407. The number of aromatic amines is 1. The second-order valence-electron chi connectivity index (χ2n) is 2.28. The monoisotopic (exact) mass is 162 g/mol. The third-order valence-corrected chi connectivity index (χ3v) is 1.45. The molecule has 0 spiro atoms. The van der Waals surface area contributed by atoms with Crippen LogP contribution in [0.4, 0.5) is 0 Å². The fourth-order valence-corrected chi connectivity index (χ4v) is 0.906. The molecule has 1 N–H and O–H groups in total. The average molecular weight is 162 g/mol. The van der Waals surface area contributed by atoms with Crippen LogP contribution in [-0.2, 0) is 0 Å². The Kier molecular flexibility index (Phi) is 1.51. The van der Waals surface area contributed by atoms with Crippen molar-refractivity contribution in [3.8, 4) is 11.5 Å². The molecule has 0 aliphatic carbocycles. The lowest BCUT2D eigenvalue weighted by molar-refractivity contribution is 0.578. The molecular formula is C8H6N2O2. The minimum atomic E-state index is -0.217. The van der Waals surface area contributed by atoms with Gasteiger partial charge in [-0.1, -0.05) is 0 Å². The molecule has 0 bridgehead atoms. The van der Waals surface area contributed by atoms with Crippen molar-refractivity contribution in [2.75, 3.05) is 0 Å². The van der Waals surface area contributed by atoms with E-state index in [0.717, 1.165) is 0 Å². The molecule has 4 nitrogen and oxygen atoms in total. The maximum absolute atomic E-state index is 10.6. The molecule has 2 aromatic rings. The number of rotatable bonds is 1. The normalized spacial score (nSPS) is 10.0. The molecular weight excluding hydrogens is 156 g/mol. The molecule has 0 aliphatic heterocycles. The minimum Gasteiger partial charge on any atom is -0.463 e. The molecule has 0 saturated heterocycles. The molecule has 2 heterocycles. The topological polar surface area (TPSA) is 58.9 Å². The molecule has 0 atom stereocenters. The fourth-order valence-electron chi connectivity index (χ4n) is 0.906. The first-order valence-electron chi connectivity index (χ1n) is 3.46. The smallest absolute Gasteiger partial charge is 0.264 e. The van der Waals surface area contributed by atoms with Gasteiger partial charge in [-0.2, -0.15) is 5.10 Å². The van der Waals surface area contributed by atoms with Crippen LogP contribution in [0.5, 0.6) is 0 Å². The molecule has 60 valence electrons. The quantitative estimate of drug-likeness (QED) is 0.681. The van der Waals surface area contributed by atoms with Crippen molar-refractivity contribution < 1.29 is 4.42 Å². The Hall–Kier alpha value is -1.84. The maximum atomic E-state index is 10.6. The summed E-state index contributed by atoms with van der Waals surface area (Å²) in [7, 11) is 0. The summed E-state index contributed by atoms with van der Waals surface area (Å²) in [5.74, 6) is 0.645.